The van der Waals surface area contributed by atoms with Crippen molar-refractivity contribution in [2.75, 3.05) is 0 Å². The Morgan fingerprint density at radius 2 is 2.17 bits per heavy atom. The molecule has 64 valence electrons. The minimum absolute atomic E-state index is 0.0452. The van der Waals surface area contributed by atoms with E-state index >= 15 is 0 Å². The SMILES string of the molecule is O=CCc1ccc(CC(=O)O)s1. The van der Waals surface area contributed by atoms with Crippen molar-refractivity contribution in [2.24, 2.45) is 0 Å². The first-order chi connectivity index (χ1) is 5.72. The average molecular weight is 184 g/mol. The van der Waals surface area contributed by atoms with E-state index in [1.54, 1.807) is 12.1 Å². The Hall–Kier alpha value is -1.16. The topological polar surface area (TPSA) is 54.4 Å². The molecule has 0 atom stereocenters. The molecule has 1 N–H and O–H groups in total. The van der Waals surface area contributed by atoms with Gasteiger partial charge < -0.3 is 9.90 Å². The highest BCUT2D eigenvalue weighted by atomic mass is 32.1. The normalized spacial score (nSPS) is 9.67. The number of carboxylic acids is 1. The molecule has 0 saturated carbocycles. The number of thiophene rings is 1. The van der Waals surface area contributed by atoms with E-state index in [0.29, 0.717) is 6.42 Å². The summed E-state index contributed by atoms with van der Waals surface area (Å²) in [7, 11) is 0. The second-order valence-corrected chi connectivity index (χ2v) is 3.56. The van der Waals surface area contributed by atoms with E-state index in [0.717, 1.165) is 16.0 Å². The fourth-order valence-electron chi connectivity index (χ4n) is 0.858. The zero-order valence-corrected chi connectivity index (χ0v) is 7.13. The van der Waals surface area contributed by atoms with Crippen LogP contribution in [-0.2, 0) is 22.4 Å². The van der Waals surface area contributed by atoms with Gasteiger partial charge in [0.25, 0.3) is 0 Å². The Morgan fingerprint density at radius 3 is 2.75 bits per heavy atom. The molecule has 1 aromatic heterocycles. The van der Waals surface area contributed by atoms with Gasteiger partial charge in [0.15, 0.2) is 0 Å². The lowest BCUT2D eigenvalue weighted by molar-refractivity contribution is -0.136. The molecule has 0 spiro atoms. The summed E-state index contributed by atoms with van der Waals surface area (Å²) < 4.78 is 0. The Labute approximate surface area is 73.6 Å². The summed E-state index contributed by atoms with van der Waals surface area (Å²) in [6.45, 7) is 0. The number of carbonyl (C=O) groups is 2. The summed E-state index contributed by atoms with van der Waals surface area (Å²) in [5.74, 6) is -0.838. The van der Waals surface area contributed by atoms with Crippen LogP contribution in [0.1, 0.15) is 9.75 Å². The van der Waals surface area contributed by atoms with Crippen LogP contribution in [0.5, 0.6) is 0 Å². The molecule has 4 heteroatoms. The second-order valence-electron chi connectivity index (χ2n) is 2.31. The maximum absolute atomic E-state index is 10.3. The van der Waals surface area contributed by atoms with Gasteiger partial charge in [-0.25, -0.2) is 0 Å². The third-order valence-corrected chi connectivity index (χ3v) is 2.43. The summed E-state index contributed by atoms with van der Waals surface area (Å²) in [4.78, 5) is 22.1. The van der Waals surface area contributed by atoms with Crippen LogP contribution in [0, 0.1) is 0 Å². The first-order valence-electron chi connectivity index (χ1n) is 3.45. The quantitative estimate of drug-likeness (QED) is 0.713. The molecule has 0 saturated heterocycles. The lowest BCUT2D eigenvalue weighted by atomic mass is 10.3. The molecule has 0 aromatic carbocycles. The van der Waals surface area contributed by atoms with Crippen molar-refractivity contribution in [3.05, 3.63) is 21.9 Å². The van der Waals surface area contributed by atoms with Gasteiger partial charge in [0, 0.05) is 16.2 Å². The van der Waals surface area contributed by atoms with Gasteiger partial charge in [-0.2, -0.15) is 0 Å². The van der Waals surface area contributed by atoms with E-state index in [9.17, 15) is 9.59 Å². The number of hydrogen-bond donors (Lipinski definition) is 1. The summed E-state index contributed by atoms with van der Waals surface area (Å²) in [5.41, 5.74) is 0. The number of aliphatic carboxylic acids is 1. The third-order valence-electron chi connectivity index (χ3n) is 1.33. The third kappa shape index (κ3) is 2.47. The number of carbonyl (C=O) groups excluding carboxylic acids is 1. The van der Waals surface area contributed by atoms with Crippen molar-refractivity contribution in [2.45, 2.75) is 12.8 Å². The van der Waals surface area contributed by atoms with Crippen molar-refractivity contribution in [3.63, 3.8) is 0 Å². The van der Waals surface area contributed by atoms with Gasteiger partial charge in [0.2, 0.25) is 0 Å². The van der Waals surface area contributed by atoms with E-state index in [1.165, 1.54) is 11.3 Å². The highest BCUT2D eigenvalue weighted by Gasteiger charge is 2.03. The van der Waals surface area contributed by atoms with Crippen LogP contribution < -0.4 is 0 Å². The maximum Gasteiger partial charge on any atom is 0.308 e. The highest BCUT2D eigenvalue weighted by Crippen LogP contribution is 2.16. The minimum atomic E-state index is -0.838. The molecule has 0 fully saturated rings. The molecule has 0 aliphatic heterocycles. The van der Waals surface area contributed by atoms with Crippen LogP contribution in [0.2, 0.25) is 0 Å². The van der Waals surface area contributed by atoms with Crippen molar-refractivity contribution in [1.82, 2.24) is 0 Å². The van der Waals surface area contributed by atoms with Crippen LogP contribution >= 0.6 is 11.3 Å². The van der Waals surface area contributed by atoms with Crippen LogP contribution in [-0.4, -0.2) is 17.4 Å². The smallest absolute Gasteiger partial charge is 0.308 e. The van der Waals surface area contributed by atoms with E-state index < -0.39 is 5.97 Å². The summed E-state index contributed by atoms with van der Waals surface area (Å²) >= 11 is 1.37. The average Bonchev–Trinajstić information content (AvgIpc) is 2.36. The van der Waals surface area contributed by atoms with Gasteiger partial charge in [-0.05, 0) is 12.1 Å². The van der Waals surface area contributed by atoms with Gasteiger partial charge >= 0.3 is 5.97 Å². The fraction of sp³-hybridized carbons (Fsp3) is 0.250. The summed E-state index contributed by atoms with van der Waals surface area (Å²) in [6.07, 6.45) is 1.24. The highest BCUT2D eigenvalue weighted by molar-refractivity contribution is 7.12. The van der Waals surface area contributed by atoms with E-state index in [-0.39, 0.29) is 6.42 Å². The van der Waals surface area contributed by atoms with Gasteiger partial charge in [-0.3, -0.25) is 4.79 Å². The molecular formula is C8H8O3S. The Kier molecular flexibility index (Phi) is 2.99. The first kappa shape index (κ1) is 8.93. The predicted molar refractivity (Wildman–Crippen MR) is 45.4 cm³/mol. The molecule has 0 bridgehead atoms. The maximum atomic E-state index is 10.3. The molecular weight excluding hydrogens is 176 g/mol. The monoisotopic (exact) mass is 184 g/mol. The largest absolute Gasteiger partial charge is 0.481 e. The number of carboxylic acid groups (broad SMARTS) is 1. The van der Waals surface area contributed by atoms with Crippen LogP contribution in [0.3, 0.4) is 0 Å². The molecule has 3 nitrogen and oxygen atoms in total. The standard InChI is InChI=1S/C8H8O3S/c9-4-3-6-1-2-7(12-6)5-8(10)11/h1-2,4H,3,5H2,(H,10,11). The molecule has 0 aliphatic rings. The minimum Gasteiger partial charge on any atom is -0.481 e. The van der Waals surface area contributed by atoms with Crippen molar-refractivity contribution >= 4 is 23.6 Å². The van der Waals surface area contributed by atoms with Gasteiger partial charge in [-0.15, -0.1) is 11.3 Å². The fourth-order valence-corrected chi connectivity index (χ4v) is 1.81. The molecule has 0 radical (unpaired) electrons. The number of rotatable bonds is 4. The summed E-state index contributed by atoms with van der Waals surface area (Å²) in [6, 6.07) is 3.54. The second kappa shape index (κ2) is 4.01. The van der Waals surface area contributed by atoms with Crippen LogP contribution in [0.15, 0.2) is 12.1 Å². The van der Waals surface area contributed by atoms with E-state index in [4.69, 9.17) is 5.11 Å². The van der Waals surface area contributed by atoms with Gasteiger partial charge in [0.1, 0.15) is 6.29 Å². The van der Waals surface area contributed by atoms with E-state index in [2.05, 4.69) is 0 Å². The zero-order valence-electron chi connectivity index (χ0n) is 6.32. The van der Waals surface area contributed by atoms with Crippen molar-refractivity contribution in [1.29, 1.82) is 0 Å². The Balaban J connectivity index is 2.63. The van der Waals surface area contributed by atoms with Crippen LogP contribution in [0.4, 0.5) is 0 Å². The Bertz CT molecular complexity index is 290. The molecule has 0 aliphatic carbocycles. The van der Waals surface area contributed by atoms with Crippen LogP contribution in [0.25, 0.3) is 0 Å². The van der Waals surface area contributed by atoms with Crippen molar-refractivity contribution < 1.29 is 14.7 Å². The first-order valence-corrected chi connectivity index (χ1v) is 4.27. The molecule has 1 rings (SSSR count). The zero-order chi connectivity index (χ0) is 8.97. The molecule has 0 unspecified atom stereocenters. The lowest BCUT2D eigenvalue weighted by Crippen LogP contribution is -1.96. The molecule has 1 heterocycles. The molecule has 0 amide bonds. The molecule has 12 heavy (non-hydrogen) atoms. The van der Waals surface area contributed by atoms with Crippen molar-refractivity contribution in [3.8, 4) is 0 Å². The van der Waals surface area contributed by atoms with E-state index in [1.807, 2.05) is 0 Å². The number of hydrogen-bond acceptors (Lipinski definition) is 3. The van der Waals surface area contributed by atoms with Gasteiger partial charge in [0.05, 0.1) is 6.42 Å². The predicted octanol–water partition coefficient (Wildman–Crippen LogP) is 1.12. The summed E-state index contributed by atoms with van der Waals surface area (Å²) in [5, 5.41) is 8.44. The van der Waals surface area contributed by atoms with Gasteiger partial charge in [-0.1, -0.05) is 0 Å². The Morgan fingerprint density at radius 1 is 1.50 bits per heavy atom. The number of aldehydes is 1. The molecule has 1 aromatic rings. The lowest BCUT2D eigenvalue weighted by Gasteiger charge is -1.87.